The fourth-order valence-corrected chi connectivity index (χ4v) is 3.16. The quantitative estimate of drug-likeness (QED) is 0.691. The molecule has 0 aliphatic carbocycles. The van der Waals surface area contributed by atoms with E-state index < -0.39 is 0 Å². The van der Waals surface area contributed by atoms with E-state index in [0.717, 1.165) is 27.9 Å². The van der Waals surface area contributed by atoms with Crippen LogP contribution in [0.2, 0.25) is 0 Å². The summed E-state index contributed by atoms with van der Waals surface area (Å²) >= 11 is 0. The fraction of sp³-hybridized carbons (Fsp3) is 0.0556. The number of carbonyl (C=O) groups excluding carboxylic acids is 1. The van der Waals surface area contributed by atoms with Crippen LogP contribution in [0.4, 0.5) is 0 Å². The first-order valence-corrected chi connectivity index (χ1v) is 7.21. The van der Waals surface area contributed by atoms with Gasteiger partial charge in [0.15, 0.2) is 0 Å². The van der Waals surface area contributed by atoms with E-state index in [2.05, 4.69) is 28.1 Å². The summed E-state index contributed by atoms with van der Waals surface area (Å²) in [5.74, 6) is 1.28. The Bertz CT molecular complexity index is 982. The Kier molecular flexibility index (Phi) is 2.12. The zero-order chi connectivity index (χ0) is 14.7. The standard InChI is InChI=1S/C18H12N2O2/c21-17-13-10-20-14-7-3-1-5-11(14)9-15(20)12-6-2-4-8-16(12)22-18(13)19-17/h1-9H,10H2,(H,19,21). The highest BCUT2D eigenvalue weighted by atomic mass is 16.5. The van der Waals surface area contributed by atoms with E-state index in [1.54, 1.807) is 0 Å². The van der Waals surface area contributed by atoms with Gasteiger partial charge in [-0.05, 0) is 24.3 Å². The van der Waals surface area contributed by atoms with Crippen LogP contribution in [0.5, 0.6) is 5.75 Å². The number of fused-ring (bicyclic) bond motifs is 5. The van der Waals surface area contributed by atoms with Crippen LogP contribution in [0.3, 0.4) is 0 Å². The number of benzene rings is 2. The molecule has 2 aromatic carbocycles. The minimum absolute atomic E-state index is 0.0573. The number of para-hydroxylation sites is 2. The Morgan fingerprint density at radius 2 is 1.86 bits per heavy atom. The molecule has 106 valence electrons. The largest absolute Gasteiger partial charge is 0.440 e. The van der Waals surface area contributed by atoms with Gasteiger partial charge in [-0.25, -0.2) is 0 Å². The lowest BCUT2D eigenvalue weighted by Gasteiger charge is -2.28. The van der Waals surface area contributed by atoms with E-state index >= 15 is 0 Å². The van der Waals surface area contributed by atoms with Crippen molar-refractivity contribution in [3.63, 3.8) is 0 Å². The number of nitrogens with one attached hydrogen (secondary N) is 1. The molecule has 3 aromatic rings. The Morgan fingerprint density at radius 3 is 2.77 bits per heavy atom. The number of nitrogens with zero attached hydrogens (tertiary/aromatic N) is 1. The van der Waals surface area contributed by atoms with Gasteiger partial charge in [0.1, 0.15) is 5.75 Å². The highest BCUT2D eigenvalue weighted by Crippen LogP contribution is 2.38. The monoisotopic (exact) mass is 288 g/mol. The van der Waals surface area contributed by atoms with Crippen LogP contribution in [0, 0.1) is 0 Å². The Morgan fingerprint density at radius 1 is 1.05 bits per heavy atom. The molecular weight excluding hydrogens is 276 g/mol. The number of hydrogen-bond acceptors (Lipinski definition) is 2. The molecular formula is C18H12N2O2. The lowest BCUT2D eigenvalue weighted by atomic mass is 10.1. The van der Waals surface area contributed by atoms with Crippen LogP contribution in [0.1, 0.15) is 0 Å². The average Bonchev–Trinajstić information content (AvgIpc) is 2.89. The predicted octanol–water partition coefficient (Wildman–Crippen LogP) is 3.04. The van der Waals surface area contributed by atoms with Crippen molar-refractivity contribution in [1.29, 1.82) is 0 Å². The van der Waals surface area contributed by atoms with Crippen molar-refractivity contribution in [3.05, 3.63) is 66.1 Å². The van der Waals surface area contributed by atoms with Crippen molar-refractivity contribution in [3.8, 4) is 17.0 Å². The fourth-order valence-electron chi connectivity index (χ4n) is 3.16. The summed E-state index contributed by atoms with van der Waals surface area (Å²) in [5, 5.41) is 3.89. The molecule has 22 heavy (non-hydrogen) atoms. The van der Waals surface area contributed by atoms with Crippen LogP contribution in [-0.4, -0.2) is 10.5 Å². The van der Waals surface area contributed by atoms with Gasteiger partial charge in [-0.3, -0.25) is 10.1 Å². The van der Waals surface area contributed by atoms with Gasteiger partial charge in [0, 0.05) is 16.5 Å². The molecule has 0 saturated carbocycles. The highest BCUT2D eigenvalue weighted by molar-refractivity contribution is 6.02. The SMILES string of the molecule is O=C1NC2=C1Cn1c(cc3ccccc31)-c1ccccc1O2. The molecule has 2 aliphatic heterocycles. The topological polar surface area (TPSA) is 43.3 Å². The van der Waals surface area contributed by atoms with Gasteiger partial charge in [-0.15, -0.1) is 0 Å². The van der Waals surface area contributed by atoms with E-state index in [9.17, 15) is 4.79 Å². The first kappa shape index (κ1) is 11.6. The average molecular weight is 288 g/mol. The van der Waals surface area contributed by atoms with E-state index in [1.165, 1.54) is 0 Å². The van der Waals surface area contributed by atoms with E-state index in [4.69, 9.17) is 4.74 Å². The van der Waals surface area contributed by atoms with Gasteiger partial charge in [0.05, 0.1) is 17.8 Å². The summed E-state index contributed by atoms with van der Waals surface area (Å²) in [6.45, 7) is 0.526. The third kappa shape index (κ3) is 1.44. The van der Waals surface area contributed by atoms with Gasteiger partial charge < -0.3 is 9.30 Å². The molecule has 1 aromatic heterocycles. The van der Waals surface area contributed by atoms with E-state index in [0.29, 0.717) is 18.0 Å². The van der Waals surface area contributed by atoms with Gasteiger partial charge in [-0.2, -0.15) is 0 Å². The lowest BCUT2D eigenvalue weighted by molar-refractivity contribution is -0.120. The second-order valence-corrected chi connectivity index (χ2v) is 5.53. The minimum atomic E-state index is -0.0573. The number of carbonyl (C=O) groups is 1. The Balaban J connectivity index is 1.88. The Hall–Kier alpha value is -3.01. The first-order chi connectivity index (χ1) is 10.8. The Labute approximate surface area is 126 Å². The minimum Gasteiger partial charge on any atom is -0.440 e. The number of rotatable bonds is 0. The molecule has 3 heterocycles. The molecule has 1 amide bonds. The van der Waals surface area contributed by atoms with Crippen molar-refractivity contribution in [2.45, 2.75) is 6.54 Å². The number of aromatic nitrogens is 1. The van der Waals surface area contributed by atoms with Crippen LogP contribution in [0.25, 0.3) is 22.2 Å². The van der Waals surface area contributed by atoms with Crippen molar-refractivity contribution >= 4 is 16.8 Å². The smallest absolute Gasteiger partial charge is 0.261 e. The lowest BCUT2D eigenvalue weighted by Crippen LogP contribution is -2.42. The van der Waals surface area contributed by atoms with Gasteiger partial charge >= 0.3 is 0 Å². The van der Waals surface area contributed by atoms with Crippen LogP contribution < -0.4 is 10.1 Å². The molecule has 0 spiro atoms. The van der Waals surface area contributed by atoms with E-state index in [-0.39, 0.29) is 5.91 Å². The third-order valence-corrected chi connectivity index (χ3v) is 4.28. The number of amides is 1. The molecule has 0 atom stereocenters. The second kappa shape index (κ2) is 4.01. The molecule has 0 fully saturated rings. The predicted molar refractivity (Wildman–Crippen MR) is 83.2 cm³/mol. The highest BCUT2D eigenvalue weighted by Gasteiger charge is 2.32. The first-order valence-electron chi connectivity index (χ1n) is 7.21. The zero-order valence-electron chi connectivity index (χ0n) is 11.7. The molecule has 1 N–H and O–H groups in total. The summed E-state index contributed by atoms with van der Waals surface area (Å²) in [5.41, 5.74) is 3.92. The van der Waals surface area contributed by atoms with Crippen molar-refractivity contribution in [2.24, 2.45) is 0 Å². The van der Waals surface area contributed by atoms with Crippen molar-refractivity contribution < 1.29 is 9.53 Å². The maximum atomic E-state index is 11.8. The van der Waals surface area contributed by atoms with Gasteiger partial charge in [-0.1, -0.05) is 30.3 Å². The number of hydrogen-bond donors (Lipinski definition) is 1. The summed E-state index contributed by atoms with van der Waals surface area (Å²) in [7, 11) is 0. The molecule has 5 rings (SSSR count). The molecule has 4 nitrogen and oxygen atoms in total. The van der Waals surface area contributed by atoms with Crippen LogP contribution in [-0.2, 0) is 11.3 Å². The molecule has 0 radical (unpaired) electrons. The molecule has 4 heteroatoms. The van der Waals surface area contributed by atoms with Crippen molar-refractivity contribution in [2.75, 3.05) is 0 Å². The molecule has 2 aliphatic rings. The molecule has 0 saturated heterocycles. The molecule has 0 unspecified atom stereocenters. The number of ether oxygens (including phenoxy) is 1. The van der Waals surface area contributed by atoms with Crippen molar-refractivity contribution in [1.82, 2.24) is 9.88 Å². The van der Waals surface area contributed by atoms with E-state index in [1.807, 2.05) is 36.4 Å². The van der Waals surface area contributed by atoms with Gasteiger partial charge in [0.2, 0.25) is 5.88 Å². The third-order valence-electron chi connectivity index (χ3n) is 4.28. The zero-order valence-corrected chi connectivity index (χ0v) is 11.7. The summed E-state index contributed by atoms with van der Waals surface area (Å²) in [6.07, 6.45) is 0. The molecule has 0 bridgehead atoms. The normalized spacial score (nSPS) is 15.7. The maximum Gasteiger partial charge on any atom is 0.261 e. The summed E-state index contributed by atoms with van der Waals surface area (Å²) in [4.78, 5) is 11.8. The summed E-state index contributed by atoms with van der Waals surface area (Å²) < 4.78 is 8.08. The van der Waals surface area contributed by atoms with Crippen LogP contribution >= 0.6 is 0 Å². The van der Waals surface area contributed by atoms with Crippen LogP contribution in [0.15, 0.2) is 66.1 Å². The van der Waals surface area contributed by atoms with Gasteiger partial charge in [0.25, 0.3) is 5.91 Å². The summed E-state index contributed by atoms with van der Waals surface area (Å²) in [6, 6.07) is 18.3. The second-order valence-electron chi connectivity index (χ2n) is 5.53. The maximum absolute atomic E-state index is 11.8.